The van der Waals surface area contributed by atoms with Crippen LogP contribution >= 0.6 is 35.3 Å². The monoisotopic (exact) mass is 421 g/mol. The number of nitrogens with one attached hydrogen (secondary N) is 1. The molecule has 0 radical (unpaired) electrons. The molecule has 1 aliphatic heterocycles. The van der Waals surface area contributed by atoms with Crippen molar-refractivity contribution in [2.24, 2.45) is 0 Å². The molecule has 1 aromatic heterocycles. The topological polar surface area (TPSA) is 92.5 Å². The zero-order chi connectivity index (χ0) is 17.3. The summed E-state index contributed by atoms with van der Waals surface area (Å²) in [5, 5.41) is 0. The number of amides is 1. The van der Waals surface area contributed by atoms with E-state index >= 15 is 0 Å². The minimum absolute atomic E-state index is 0. The van der Waals surface area contributed by atoms with Crippen LogP contribution in [0.25, 0.3) is 0 Å². The van der Waals surface area contributed by atoms with Gasteiger partial charge in [0.2, 0.25) is 5.91 Å². The van der Waals surface area contributed by atoms with Gasteiger partial charge in [-0.3, -0.25) is 4.79 Å². The Bertz CT molecular complexity index is 884. The van der Waals surface area contributed by atoms with E-state index in [2.05, 4.69) is 4.72 Å². The van der Waals surface area contributed by atoms with Gasteiger partial charge in [0, 0.05) is 17.9 Å². The summed E-state index contributed by atoms with van der Waals surface area (Å²) < 4.78 is 27.2. The highest BCUT2D eigenvalue weighted by Gasteiger charge is 2.25. The third-order valence-electron chi connectivity index (χ3n) is 3.81. The van der Waals surface area contributed by atoms with E-state index in [0.717, 1.165) is 35.4 Å². The molecule has 0 fully saturated rings. The van der Waals surface area contributed by atoms with Crippen molar-refractivity contribution < 1.29 is 13.2 Å². The molecule has 6 nitrogen and oxygen atoms in total. The lowest BCUT2D eigenvalue weighted by molar-refractivity contribution is -0.117. The number of thiophene rings is 1. The van der Waals surface area contributed by atoms with Crippen molar-refractivity contribution in [3.8, 4) is 0 Å². The van der Waals surface area contributed by atoms with E-state index < -0.39 is 10.0 Å². The number of carbonyl (C=O) groups is 1. The average molecular weight is 422 g/mol. The minimum Gasteiger partial charge on any atom is -0.398 e. The van der Waals surface area contributed by atoms with Crippen LogP contribution < -0.4 is 15.4 Å². The second kappa shape index (κ2) is 7.92. The maximum Gasteiger partial charge on any atom is 0.250 e. The van der Waals surface area contributed by atoms with Gasteiger partial charge in [-0.25, -0.2) is 13.1 Å². The van der Waals surface area contributed by atoms with Gasteiger partial charge < -0.3 is 10.6 Å². The number of benzene rings is 1. The van der Waals surface area contributed by atoms with Gasteiger partial charge in [-0.05, 0) is 42.7 Å². The highest BCUT2D eigenvalue weighted by Crippen LogP contribution is 2.31. The number of hydrogen-bond acceptors (Lipinski definition) is 5. The van der Waals surface area contributed by atoms with Crippen molar-refractivity contribution in [2.75, 3.05) is 23.7 Å². The average Bonchev–Trinajstić information content (AvgIpc) is 3.00. The van der Waals surface area contributed by atoms with Gasteiger partial charge in [-0.2, -0.15) is 0 Å². The molecule has 0 saturated carbocycles. The standard InChI is InChI=1S/C15H16ClN3O3S2.ClH/c16-13-6-7-15(23-13)24(21,22)18-9-14(20)19-8-2-3-10-11(17)4-1-5-12(10)19;/h1,4-7,18H,2-3,8-9,17H2;1H. The maximum atomic E-state index is 12.5. The Morgan fingerprint density at radius 2 is 2.08 bits per heavy atom. The lowest BCUT2D eigenvalue weighted by Crippen LogP contribution is -2.42. The summed E-state index contributed by atoms with van der Waals surface area (Å²) in [4.78, 5) is 14.1. The van der Waals surface area contributed by atoms with Crippen LogP contribution in [0.3, 0.4) is 0 Å². The van der Waals surface area contributed by atoms with Crippen molar-refractivity contribution in [3.05, 3.63) is 40.2 Å². The second-order valence-corrected chi connectivity index (χ2v) is 9.09. The molecule has 0 aliphatic carbocycles. The number of anilines is 2. The number of hydrogen-bond donors (Lipinski definition) is 2. The van der Waals surface area contributed by atoms with Crippen LogP contribution in [0, 0.1) is 0 Å². The molecule has 0 bridgehead atoms. The van der Waals surface area contributed by atoms with E-state index in [1.165, 1.54) is 12.1 Å². The van der Waals surface area contributed by atoms with E-state index in [-0.39, 0.29) is 29.1 Å². The Balaban J connectivity index is 0.00000225. The van der Waals surface area contributed by atoms with Gasteiger partial charge in [0.15, 0.2) is 0 Å². The number of nitrogens with two attached hydrogens (primary N) is 1. The Morgan fingerprint density at radius 3 is 2.76 bits per heavy atom. The van der Waals surface area contributed by atoms with Gasteiger partial charge in [0.1, 0.15) is 4.21 Å². The van der Waals surface area contributed by atoms with Gasteiger partial charge >= 0.3 is 0 Å². The van der Waals surface area contributed by atoms with Crippen molar-refractivity contribution in [2.45, 2.75) is 17.1 Å². The fourth-order valence-corrected chi connectivity index (χ4v) is 5.18. The molecule has 136 valence electrons. The Kier molecular flexibility index (Phi) is 6.34. The number of halogens is 2. The van der Waals surface area contributed by atoms with E-state index in [1.54, 1.807) is 17.0 Å². The summed E-state index contributed by atoms with van der Waals surface area (Å²) in [7, 11) is -3.75. The van der Waals surface area contributed by atoms with Crippen molar-refractivity contribution in [1.29, 1.82) is 0 Å². The molecule has 25 heavy (non-hydrogen) atoms. The first-order chi connectivity index (χ1) is 11.4. The number of fused-ring (bicyclic) bond motifs is 1. The molecule has 3 rings (SSSR count). The van der Waals surface area contributed by atoms with Gasteiger partial charge in [0.25, 0.3) is 10.0 Å². The molecule has 1 aromatic carbocycles. The molecule has 1 amide bonds. The van der Waals surface area contributed by atoms with E-state index in [1.807, 2.05) is 6.07 Å². The molecule has 3 N–H and O–H groups in total. The number of nitrogens with zero attached hydrogens (tertiary/aromatic N) is 1. The zero-order valence-corrected chi connectivity index (χ0v) is 16.3. The van der Waals surface area contributed by atoms with E-state index in [4.69, 9.17) is 17.3 Å². The van der Waals surface area contributed by atoms with Crippen LogP contribution in [0.5, 0.6) is 0 Å². The fourth-order valence-electron chi connectivity index (χ4n) is 2.68. The van der Waals surface area contributed by atoms with Crippen molar-refractivity contribution in [3.63, 3.8) is 0 Å². The third-order valence-corrected chi connectivity index (χ3v) is 6.94. The molecule has 2 heterocycles. The van der Waals surface area contributed by atoms with Crippen molar-refractivity contribution in [1.82, 2.24) is 4.72 Å². The Morgan fingerprint density at radius 1 is 1.32 bits per heavy atom. The predicted octanol–water partition coefficient (Wildman–Crippen LogP) is 2.66. The van der Waals surface area contributed by atoms with E-state index in [0.29, 0.717) is 16.6 Å². The number of carbonyl (C=O) groups excluding carboxylic acids is 1. The number of rotatable bonds is 4. The van der Waals surface area contributed by atoms with Gasteiger partial charge in [-0.1, -0.05) is 17.7 Å². The van der Waals surface area contributed by atoms with Crippen LogP contribution in [0.15, 0.2) is 34.5 Å². The normalized spacial score (nSPS) is 13.9. The maximum absolute atomic E-state index is 12.5. The molecule has 0 unspecified atom stereocenters. The van der Waals surface area contributed by atoms with Crippen molar-refractivity contribution >= 4 is 62.7 Å². The first-order valence-corrected chi connectivity index (χ1v) is 9.99. The Hall–Kier alpha value is -1.32. The summed E-state index contributed by atoms with van der Waals surface area (Å²) in [6.07, 6.45) is 1.60. The summed E-state index contributed by atoms with van der Waals surface area (Å²) in [6.45, 7) is 0.230. The summed E-state index contributed by atoms with van der Waals surface area (Å²) in [6, 6.07) is 8.34. The first kappa shape index (κ1) is 20.0. The Labute approximate surface area is 161 Å². The lowest BCUT2D eigenvalue weighted by atomic mass is 10.00. The molecular formula is C15H17Cl2N3O3S2. The molecule has 0 spiro atoms. The summed E-state index contributed by atoms with van der Waals surface area (Å²) >= 11 is 6.71. The van der Waals surface area contributed by atoms with Gasteiger partial charge in [0.05, 0.1) is 10.9 Å². The molecule has 2 aromatic rings. The first-order valence-electron chi connectivity index (χ1n) is 7.31. The van der Waals surface area contributed by atoms with E-state index in [9.17, 15) is 13.2 Å². The predicted molar refractivity (Wildman–Crippen MR) is 103 cm³/mol. The highest BCUT2D eigenvalue weighted by molar-refractivity contribution is 7.91. The lowest BCUT2D eigenvalue weighted by Gasteiger charge is -2.30. The quantitative estimate of drug-likeness (QED) is 0.741. The summed E-state index contributed by atoms with van der Waals surface area (Å²) in [5.74, 6) is -0.312. The number of nitrogen functional groups attached to an aromatic ring is 1. The molecule has 10 heteroatoms. The molecular weight excluding hydrogens is 405 g/mol. The molecule has 1 aliphatic rings. The van der Waals surface area contributed by atoms with Crippen LogP contribution in [0.1, 0.15) is 12.0 Å². The number of sulfonamides is 1. The third kappa shape index (κ3) is 4.27. The fraction of sp³-hybridized carbons (Fsp3) is 0.267. The smallest absolute Gasteiger partial charge is 0.250 e. The SMILES string of the molecule is Cl.Nc1cccc2c1CCCN2C(=O)CNS(=O)(=O)c1ccc(Cl)s1. The second-order valence-electron chi connectivity index (χ2n) is 5.38. The largest absolute Gasteiger partial charge is 0.398 e. The van der Waals surface area contributed by atoms with Crippen LogP contribution in [0.2, 0.25) is 4.34 Å². The van der Waals surface area contributed by atoms with Crippen LogP contribution in [-0.2, 0) is 21.2 Å². The minimum atomic E-state index is -3.75. The molecule has 0 atom stereocenters. The van der Waals surface area contributed by atoms with Gasteiger partial charge in [-0.15, -0.1) is 23.7 Å². The highest BCUT2D eigenvalue weighted by atomic mass is 35.5. The molecule has 0 saturated heterocycles. The van der Waals surface area contributed by atoms with Crippen LogP contribution in [0.4, 0.5) is 11.4 Å². The van der Waals surface area contributed by atoms with Crippen LogP contribution in [-0.4, -0.2) is 27.4 Å². The zero-order valence-electron chi connectivity index (χ0n) is 13.1. The summed E-state index contributed by atoms with van der Waals surface area (Å²) in [5.41, 5.74) is 8.31.